The Bertz CT molecular complexity index is 794. The summed E-state index contributed by atoms with van der Waals surface area (Å²) in [4.78, 5) is 25.9. The number of nitrogens with two attached hydrogens (primary N) is 1. The lowest BCUT2D eigenvalue weighted by atomic mass is 10.1. The number of carboxylic acid groups (broad SMARTS) is 1. The second kappa shape index (κ2) is 7.29. The number of rotatable bonds is 2. The van der Waals surface area contributed by atoms with Crippen molar-refractivity contribution in [2.24, 2.45) is 0 Å². The van der Waals surface area contributed by atoms with E-state index in [2.05, 4.69) is 22.1 Å². The number of fused-ring (bicyclic) bond motifs is 1. The van der Waals surface area contributed by atoms with Gasteiger partial charge in [0.25, 0.3) is 0 Å². The smallest absolute Gasteiger partial charge is 0.354 e. The van der Waals surface area contributed by atoms with Crippen LogP contribution in [0, 0.1) is 11.8 Å². The topological polar surface area (TPSA) is 105 Å². The molecular formula is C15H14ClN3O3. The second-order valence-electron chi connectivity index (χ2n) is 4.32. The minimum absolute atomic E-state index is 0. The van der Waals surface area contributed by atoms with Gasteiger partial charge in [-0.05, 0) is 12.1 Å². The molecule has 1 aromatic heterocycles. The minimum Gasteiger partial charge on any atom is -0.477 e. The number of aromatic carboxylic acids is 1. The van der Waals surface area contributed by atoms with E-state index >= 15 is 0 Å². The van der Waals surface area contributed by atoms with Crippen molar-refractivity contribution in [3.8, 4) is 11.8 Å². The highest BCUT2D eigenvalue weighted by molar-refractivity contribution is 5.97. The molecule has 22 heavy (non-hydrogen) atoms. The van der Waals surface area contributed by atoms with Crippen LogP contribution in [0.15, 0.2) is 24.3 Å². The summed E-state index contributed by atoms with van der Waals surface area (Å²) >= 11 is 0. The van der Waals surface area contributed by atoms with Gasteiger partial charge in [0.1, 0.15) is 5.69 Å². The van der Waals surface area contributed by atoms with Gasteiger partial charge in [-0.1, -0.05) is 24.0 Å². The summed E-state index contributed by atoms with van der Waals surface area (Å²) in [5, 5.41) is 12.3. The predicted octanol–water partition coefficient (Wildman–Crippen LogP) is 1.42. The number of pyridine rings is 1. The number of halogens is 1. The number of aromatic nitrogens is 1. The molecule has 0 fully saturated rings. The van der Waals surface area contributed by atoms with Gasteiger partial charge in [-0.15, -0.1) is 12.4 Å². The number of carboxylic acids is 1. The molecule has 0 aliphatic carbocycles. The number of carbonyl (C=O) groups is 2. The molecule has 0 atom stereocenters. The average Bonchev–Trinajstić information content (AvgIpc) is 2.43. The Hall–Kier alpha value is -2.78. The Kier molecular flexibility index (Phi) is 5.72. The SMILES string of the molecule is CC(=O)NCC#Cc1cc(C(=O)O)nc2c(N)cccc12.Cl. The van der Waals surface area contributed by atoms with E-state index in [1.807, 2.05) is 0 Å². The highest BCUT2D eigenvalue weighted by Crippen LogP contribution is 2.22. The van der Waals surface area contributed by atoms with Crippen LogP contribution in [0.4, 0.5) is 5.69 Å². The van der Waals surface area contributed by atoms with Crippen LogP contribution < -0.4 is 11.1 Å². The highest BCUT2D eigenvalue weighted by atomic mass is 35.5. The zero-order valence-corrected chi connectivity index (χ0v) is 12.5. The molecule has 0 unspecified atom stereocenters. The van der Waals surface area contributed by atoms with Gasteiger partial charge in [0.2, 0.25) is 5.91 Å². The average molecular weight is 320 g/mol. The summed E-state index contributed by atoms with van der Waals surface area (Å²) in [6, 6.07) is 6.56. The van der Waals surface area contributed by atoms with E-state index in [0.29, 0.717) is 22.2 Å². The number of anilines is 1. The lowest BCUT2D eigenvalue weighted by molar-refractivity contribution is -0.118. The maximum Gasteiger partial charge on any atom is 0.354 e. The Morgan fingerprint density at radius 1 is 1.41 bits per heavy atom. The van der Waals surface area contributed by atoms with Gasteiger partial charge in [-0.3, -0.25) is 4.79 Å². The number of carbonyl (C=O) groups excluding carboxylic acids is 1. The second-order valence-corrected chi connectivity index (χ2v) is 4.32. The van der Waals surface area contributed by atoms with Crippen molar-refractivity contribution < 1.29 is 14.7 Å². The van der Waals surface area contributed by atoms with Gasteiger partial charge in [0.15, 0.2) is 0 Å². The fourth-order valence-electron chi connectivity index (χ4n) is 1.79. The summed E-state index contributed by atoms with van der Waals surface area (Å²) in [6.45, 7) is 1.58. The van der Waals surface area contributed by atoms with Gasteiger partial charge in [-0.2, -0.15) is 0 Å². The Balaban J connectivity index is 0.00000242. The maximum absolute atomic E-state index is 11.1. The Morgan fingerprint density at radius 2 is 2.14 bits per heavy atom. The maximum atomic E-state index is 11.1. The van der Waals surface area contributed by atoms with Crippen molar-refractivity contribution in [3.63, 3.8) is 0 Å². The molecule has 7 heteroatoms. The van der Waals surface area contributed by atoms with Crippen LogP contribution in [0.25, 0.3) is 10.9 Å². The number of benzene rings is 1. The molecule has 0 aliphatic rings. The van der Waals surface area contributed by atoms with Crippen LogP contribution in [-0.4, -0.2) is 28.5 Å². The molecule has 0 bridgehead atoms. The quantitative estimate of drug-likeness (QED) is 0.573. The van der Waals surface area contributed by atoms with Gasteiger partial charge < -0.3 is 16.2 Å². The van der Waals surface area contributed by atoms with E-state index in [1.165, 1.54) is 13.0 Å². The molecule has 0 radical (unpaired) electrons. The van der Waals surface area contributed by atoms with Crippen LogP contribution in [-0.2, 0) is 4.79 Å². The number of nitrogen functional groups attached to an aromatic ring is 1. The van der Waals surface area contributed by atoms with Crippen LogP contribution in [0.3, 0.4) is 0 Å². The highest BCUT2D eigenvalue weighted by Gasteiger charge is 2.11. The summed E-state index contributed by atoms with van der Waals surface area (Å²) in [5.74, 6) is 4.28. The van der Waals surface area contributed by atoms with Crippen molar-refractivity contribution in [1.82, 2.24) is 10.3 Å². The normalized spacial score (nSPS) is 9.32. The third-order valence-electron chi connectivity index (χ3n) is 2.74. The van der Waals surface area contributed by atoms with Crippen molar-refractivity contribution in [2.75, 3.05) is 12.3 Å². The van der Waals surface area contributed by atoms with E-state index in [4.69, 9.17) is 10.8 Å². The zero-order valence-electron chi connectivity index (χ0n) is 11.7. The first kappa shape index (κ1) is 17.3. The molecule has 1 aromatic carbocycles. The number of nitrogens with zero attached hydrogens (tertiary/aromatic N) is 1. The van der Waals surface area contributed by atoms with Crippen molar-refractivity contribution in [3.05, 3.63) is 35.5 Å². The summed E-state index contributed by atoms with van der Waals surface area (Å²) < 4.78 is 0. The third-order valence-corrected chi connectivity index (χ3v) is 2.74. The van der Waals surface area contributed by atoms with E-state index < -0.39 is 5.97 Å². The summed E-state index contributed by atoms with van der Waals surface area (Å²) in [7, 11) is 0. The van der Waals surface area contributed by atoms with E-state index in [0.717, 1.165) is 0 Å². The van der Waals surface area contributed by atoms with Crippen LogP contribution in [0.5, 0.6) is 0 Å². The van der Waals surface area contributed by atoms with Gasteiger partial charge in [-0.25, -0.2) is 9.78 Å². The molecule has 0 saturated heterocycles. The number of nitrogens with one attached hydrogen (secondary N) is 1. The third kappa shape index (κ3) is 3.87. The van der Waals surface area contributed by atoms with Gasteiger partial charge >= 0.3 is 5.97 Å². The fourth-order valence-corrected chi connectivity index (χ4v) is 1.79. The molecule has 0 saturated carbocycles. The fraction of sp³-hybridized carbons (Fsp3) is 0.133. The standard InChI is InChI=1S/C15H13N3O3.ClH/c1-9(19)17-7-3-4-10-8-13(15(20)21)18-14-11(10)5-2-6-12(14)16;/h2,5-6,8H,7,16H2,1H3,(H,17,19)(H,20,21);1H. The molecule has 1 heterocycles. The lowest BCUT2D eigenvalue weighted by Gasteiger charge is -2.05. The number of hydrogen-bond acceptors (Lipinski definition) is 4. The molecule has 1 amide bonds. The first-order valence-electron chi connectivity index (χ1n) is 6.15. The Morgan fingerprint density at radius 3 is 2.77 bits per heavy atom. The molecule has 2 rings (SSSR count). The lowest BCUT2D eigenvalue weighted by Crippen LogP contribution is -2.19. The van der Waals surface area contributed by atoms with E-state index in [9.17, 15) is 9.59 Å². The van der Waals surface area contributed by atoms with Crippen molar-refractivity contribution in [2.45, 2.75) is 6.92 Å². The largest absolute Gasteiger partial charge is 0.477 e. The number of para-hydroxylation sites is 1. The molecule has 114 valence electrons. The van der Waals surface area contributed by atoms with Gasteiger partial charge in [0.05, 0.1) is 17.7 Å². The van der Waals surface area contributed by atoms with Crippen LogP contribution in [0.1, 0.15) is 23.0 Å². The molecule has 6 nitrogen and oxygen atoms in total. The van der Waals surface area contributed by atoms with Gasteiger partial charge in [0, 0.05) is 17.9 Å². The summed E-state index contributed by atoms with van der Waals surface area (Å²) in [5.41, 5.74) is 7.01. The first-order valence-corrected chi connectivity index (χ1v) is 6.15. The number of amides is 1. The molecule has 0 aliphatic heterocycles. The van der Waals surface area contributed by atoms with E-state index in [1.54, 1.807) is 18.2 Å². The number of hydrogen-bond donors (Lipinski definition) is 3. The van der Waals surface area contributed by atoms with Crippen LogP contribution in [0.2, 0.25) is 0 Å². The zero-order chi connectivity index (χ0) is 15.4. The van der Waals surface area contributed by atoms with Crippen LogP contribution >= 0.6 is 12.4 Å². The molecular weight excluding hydrogens is 306 g/mol. The monoisotopic (exact) mass is 319 g/mol. The molecule has 2 aromatic rings. The van der Waals surface area contributed by atoms with Crippen molar-refractivity contribution in [1.29, 1.82) is 0 Å². The molecule has 0 spiro atoms. The summed E-state index contributed by atoms with van der Waals surface area (Å²) in [6.07, 6.45) is 0. The Labute approximate surface area is 133 Å². The first-order chi connectivity index (χ1) is 9.99. The predicted molar refractivity (Wildman–Crippen MR) is 85.9 cm³/mol. The van der Waals surface area contributed by atoms with E-state index in [-0.39, 0.29) is 30.6 Å². The minimum atomic E-state index is -1.15. The van der Waals surface area contributed by atoms with Crippen molar-refractivity contribution >= 4 is 40.9 Å². The molecule has 4 N–H and O–H groups in total.